The number of rotatable bonds is 2. The summed E-state index contributed by atoms with van der Waals surface area (Å²) in [7, 11) is 2.92. The lowest BCUT2D eigenvalue weighted by atomic mass is 10.1. The van der Waals surface area contributed by atoms with E-state index < -0.39 is 0 Å². The Labute approximate surface area is 114 Å². The van der Waals surface area contributed by atoms with Crippen LogP contribution in [0.2, 0.25) is 0 Å². The SMILES string of the molecule is COc1ccc2oc3ccc(O)c(OC)c3c(=O)c2c1. The van der Waals surface area contributed by atoms with E-state index in [1.54, 1.807) is 18.2 Å². The molecule has 0 amide bonds. The number of hydrogen-bond donors (Lipinski definition) is 1. The van der Waals surface area contributed by atoms with E-state index in [0.717, 1.165) is 0 Å². The average molecular weight is 272 g/mol. The second kappa shape index (κ2) is 4.45. The smallest absolute Gasteiger partial charge is 0.204 e. The van der Waals surface area contributed by atoms with Crippen LogP contribution in [0.1, 0.15) is 0 Å². The molecule has 20 heavy (non-hydrogen) atoms. The van der Waals surface area contributed by atoms with Crippen LogP contribution in [-0.2, 0) is 0 Å². The molecule has 3 aromatic rings. The van der Waals surface area contributed by atoms with Gasteiger partial charge in [-0.3, -0.25) is 4.79 Å². The average Bonchev–Trinajstić information content (AvgIpc) is 2.47. The molecular weight excluding hydrogens is 260 g/mol. The summed E-state index contributed by atoms with van der Waals surface area (Å²) in [5.41, 5.74) is 0.547. The molecule has 5 nitrogen and oxygen atoms in total. The van der Waals surface area contributed by atoms with Crippen molar-refractivity contribution < 1.29 is 19.0 Å². The molecule has 0 unspecified atom stereocenters. The van der Waals surface area contributed by atoms with Crippen LogP contribution in [0.5, 0.6) is 17.2 Å². The van der Waals surface area contributed by atoms with Crippen LogP contribution in [0, 0.1) is 0 Å². The van der Waals surface area contributed by atoms with Gasteiger partial charge in [-0.05, 0) is 30.3 Å². The van der Waals surface area contributed by atoms with Gasteiger partial charge in [0.1, 0.15) is 22.3 Å². The molecule has 0 radical (unpaired) electrons. The zero-order valence-electron chi connectivity index (χ0n) is 11.0. The van der Waals surface area contributed by atoms with E-state index in [0.29, 0.717) is 22.3 Å². The lowest BCUT2D eigenvalue weighted by Gasteiger charge is -2.08. The van der Waals surface area contributed by atoms with Crippen LogP contribution in [0.3, 0.4) is 0 Å². The fraction of sp³-hybridized carbons (Fsp3) is 0.133. The zero-order valence-corrected chi connectivity index (χ0v) is 11.0. The minimum atomic E-state index is -0.270. The molecule has 0 aliphatic carbocycles. The highest BCUT2D eigenvalue weighted by Crippen LogP contribution is 2.34. The summed E-state index contributed by atoms with van der Waals surface area (Å²) in [6.45, 7) is 0. The molecule has 2 aromatic carbocycles. The number of phenolic OH excluding ortho intramolecular Hbond substituents is 1. The highest BCUT2D eigenvalue weighted by Gasteiger charge is 2.15. The van der Waals surface area contributed by atoms with Crippen molar-refractivity contribution in [3.05, 3.63) is 40.6 Å². The van der Waals surface area contributed by atoms with Gasteiger partial charge in [0.15, 0.2) is 11.5 Å². The van der Waals surface area contributed by atoms with E-state index in [2.05, 4.69) is 0 Å². The van der Waals surface area contributed by atoms with Crippen LogP contribution in [0.4, 0.5) is 0 Å². The van der Waals surface area contributed by atoms with E-state index in [9.17, 15) is 9.90 Å². The van der Waals surface area contributed by atoms with E-state index >= 15 is 0 Å². The maximum atomic E-state index is 12.6. The minimum absolute atomic E-state index is 0.102. The summed E-state index contributed by atoms with van der Waals surface area (Å²) in [5.74, 6) is 0.568. The Hall–Kier alpha value is -2.69. The summed E-state index contributed by atoms with van der Waals surface area (Å²) < 4.78 is 15.9. The lowest BCUT2D eigenvalue weighted by molar-refractivity contribution is 0.377. The molecule has 1 aromatic heterocycles. The van der Waals surface area contributed by atoms with Gasteiger partial charge in [0.25, 0.3) is 0 Å². The monoisotopic (exact) mass is 272 g/mol. The van der Waals surface area contributed by atoms with Gasteiger partial charge in [-0.2, -0.15) is 0 Å². The predicted molar refractivity (Wildman–Crippen MR) is 74.8 cm³/mol. The van der Waals surface area contributed by atoms with Crippen molar-refractivity contribution >= 4 is 21.9 Å². The van der Waals surface area contributed by atoms with Crippen LogP contribution in [0.15, 0.2) is 39.5 Å². The second-order valence-electron chi connectivity index (χ2n) is 4.28. The fourth-order valence-corrected chi connectivity index (χ4v) is 2.22. The summed E-state index contributed by atoms with van der Waals surface area (Å²) in [6, 6.07) is 7.96. The lowest BCUT2D eigenvalue weighted by Crippen LogP contribution is -2.04. The summed E-state index contributed by atoms with van der Waals surface area (Å²) in [4.78, 5) is 12.6. The highest BCUT2D eigenvalue weighted by molar-refractivity contribution is 5.95. The molecule has 1 heterocycles. The minimum Gasteiger partial charge on any atom is -0.504 e. The van der Waals surface area contributed by atoms with Gasteiger partial charge in [0, 0.05) is 0 Å². The summed E-state index contributed by atoms with van der Waals surface area (Å²) in [5, 5.41) is 10.4. The molecule has 1 N–H and O–H groups in total. The second-order valence-corrected chi connectivity index (χ2v) is 4.28. The van der Waals surface area contributed by atoms with Crippen molar-refractivity contribution in [2.75, 3.05) is 14.2 Å². The molecule has 0 saturated carbocycles. The molecular formula is C15H12O5. The number of benzene rings is 2. The standard InChI is InChI=1S/C15H12O5/c1-18-8-3-5-11-9(7-8)14(17)13-12(20-11)6-4-10(16)15(13)19-2/h3-7,16H,1-2H3. The van der Waals surface area contributed by atoms with Crippen LogP contribution in [-0.4, -0.2) is 19.3 Å². The number of phenols is 1. The van der Waals surface area contributed by atoms with Crippen LogP contribution >= 0.6 is 0 Å². The van der Waals surface area contributed by atoms with Crippen molar-refractivity contribution in [3.8, 4) is 17.2 Å². The third kappa shape index (κ3) is 1.67. The zero-order chi connectivity index (χ0) is 14.3. The molecule has 0 spiro atoms. The Balaban J connectivity index is 2.52. The third-order valence-corrected chi connectivity index (χ3v) is 3.18. The molecule has 5 heteroatoms. The summed E-state index contributed by atoms with van der Waals surface area (Å²) in [6.07, 6.45) is 0. The van der Waals surface area contributed by atoms with E-state index in [1.165, 1.54) is 26.4 Å². The molecule has 0 aliphatic rings. The first-order valence-electron chi connectivity index (χ1n) is 5.96. The van der Waals surface area contributed by atoms with Gasteiger partial charge in [-0.15, -0.1) is 0 Å². The van der Waals surface area contributed by atoms with Gasteiger partial charge in [0.2, 0.25) is 5.43 Å². The van der Waals surface area contributed by atoms with Crippen molar-refractivity contribution in [2.24, 2.45) is 0 Å². The largest absolute Gasteiger partial charge is 0.504 e. The predicted octanol–water partition coefficient (Wildman–Crippen LogP) is 2.67. The first-order chi connectivity index (χ1) is 9.65. The van der Waals surface area contributed by atoms with Gasteiger partial charge in [-0.25, -0.2) is 0 Å². The molecule has 3 rings (SSSR count). The Morgan fingerprint density at radius 2 is 1.80 bits per heavy atom. The maximum Gasteiger partial charge on any atom is 0.204 e. The normalized spacial score (nSPS) is 10.9. The number of methoxy groups -OCH3 is 2. The van der Waals surface area contributed by atoms with Crippen molar-refractivity contribution in [1.29, 1.82) is 0 Å². The third-order valence-electron chi connectivity index (χ3n) is 3.18. The number of aromatic hydroxyl groups is 1. The number of hydrogen-bond acceptors (Lipinski definition) is 5. The Morgan fingerprint density at radius 3 is 2.50 bits per heavy atom. The van der Waals surface area contributed by atoms with Gasteiger partial charge in [-0.1, -0.05) is 0 Å². The van der Waals surface area contributed by atoms with Crippen LogP contribution < -0.4 is 14.9 Å². The van der Waals surface area contributed by atoms with Gasteiger partial charge in [0.05, 0.1) is 19.6 Å². The van der Waals surface area contributed by atoms with E-state index in [-0.39, 0.29) is 22.3 Å². The Bertz CT molecular complexity index is 863. The van der Waals surface area contributed by atoms with Crippen molar-refractivity contribution in [3.63, 3.8) is 0 Å². The Morgan fingerprint density at radius 1 is 1.05 bits per heavy atom. The van der Waals surface area contributed by atoms with Crippen molar-refractivity contribution in [2.45, 2.75) is 0 Å². The molecule has 0 atom stereocenters. The maximum absolute atomic E-state index is 12.6. The highest BCUT2D eigenvalue weighted by atomic mass is 16.5. The Kier molecular flexibility index (Phi) is 2.75. The topological polar surface area (TPSA) is 68.9 Å². The number of ether oxygens (including phenoxy) is 2. The molecule has 0 aliphatic heterocycles. The molecule has 0 fully saturated rings. The van der Waals surface area contributed by atoms with Gasteiger partial charge >= 0.3 is 0 Å². The summed E-state index contributed by atoms with van der Waals surface area (Å²) >= 11 is 0. The first-order valence-corrected chi connectivity index (χ1v) is 5.96. The molecule has 0 saturated heterocycles. The van der Waals surface area contributed by atoms with E-state index in [1.807, 2.05) is 0 Å². The van der Waals surface area contributed by atoms with E-state index in [4.69, 9.17) is 13.9 Å². The quantitative estimate of drug-likeness (QED) is 0.726. The molecule has 0 bridgehead atoms. The van der Waals surface area contributed by atoms with Crippen LogP contribution in [0.25, 0.3) is 21.9 Å². The van der Waals surface area contributed by atoms with Crippen molar-refractivity contribution in [1.82, 2.24) is 0 Å². The first kappa shape index (κ1) is 12.3. The fourth-order valence-electron chi connectivity index (χ4n) is 2.22. The molecule has 102 valence electrons. The van der Waals surface area contributed by atoms with Gasteiger partial charge < -0.3 is 19.0 Å². The number of fused-ring (bicyclic) bond motifs is 2.